The van der Waals surface area contributed by atoms with Crippen LogP contribution in [0.15, 0.2) is 43.0 Å². The first-order valence-corrected chi connectivity index (χ1v) is 9.13. The summed E-state index contributed by atoms with van der Waals surface area (Å²) in [7, 11) is 1.83. The fraction of sp³-hybridized carbons (Fsp3) is 0.294. The molecule has 0 atom stereocenters. The molecule has 0 unspecified atom stereocenters. The van der Waals surface area contributed by atoms with Gasteiger partial charge < -0.3 is 15.2 Å². The third-order valence-electron chi connectivity index (χ3n) is 3.63. The fourth-order valence-corrected chi connectivity index (χ4v) is 3.23. The van der Waals surface area contributed by atoms with Gasteiger partial charge in [-0.3, -0.25) is 4.79 Å². The number of H-pyrrole nitrogens is 1. The van der Waals surface area contributed by atoms with Crippen LogP contribution in [0.1, 0.15) is 5.56 Å². The van der Waals surface area contributed by atoms with Crippen molar-refractivity contribution in [3.05, 3.63) is 48.5 Å². The molecule has 0 radical (unpaired) electrons. The minimum atomic E-state index is -0.0333. The molecule has 0 aliphatic carbocycles. The Labute approximate surface area is 150 Å². The van der Waals surface area contributed by atoms with Crippen LogP contribution in [0.25, 0.3) is 11.2 Å². The number of hydrogen-bond donors (Lipinski definition) is 2. The molecule has 7 nitrogen and oxygen atoms in total. The van der Waals surface area contributed by atoms with Gasteiger partial charge in [0.25, 0.3) is 0 Å². The lowest BCUT2D eigenvalue weighted by Crippen LogP contribution is -2.36. The first kappa shape index (κ1) is 17.2. The first-order chi connectivity index (χ1) is 12.2. The van der Waals surface area contributed by atoms with Gasteiger partial charge in [-0.05, 0) is 5.56 Å². The van der Waals surface area contributed by atoms with Crippen molar-refractivity contribution in [1.82, 2.24) is 25.3 Å². The van der Waals surface area contributed by atoms with E-state index < -0.39 is 0 Å². The second-order valence-corrected chi connectivity index (χ2v) is 6.65. The quantitative estimate of drug-likeness (QED) is 0.599. The minimum Gasteiger partial charge on any atom is -0.354 e. The second kappa shape index (κ2) is 8.48. The van der Waals surface area contributed by atoms with E-state index in [4.69, 9.17) is 0 Å². The normalized spacial score (nSPS) is 10.8. The van der Waals surface area contributed by atoms with E-state index in [2.05, 4.69) is 37.4 Å². The lowest BCUT2D eigenvalue weighted by molar-refractivity contribution is -0.119. The van der Waals surface area contributed by atoms with Crippen molar-refractivity contribution in [3.63, 3.8) is 0 Å². The smallest absolute Gasteiger partial charge is 0.239 e. The van der Waals surface area contributed by atoms with Gasteiger partial charge >= 0.3 is 0 Å². The van der Waals surface area contributed by atoms with Gasteiger partial charge in [-0.15, -0.1) is 0 Å². The highest BCUT2D eigenvalue weighted by Gasteiger charge is 2.13. The summed E-state index contributed by atoms with van der Waals surface area (Å²) in [5.74, 6) is 2.46. The number of amides is 1. The van der Waals surface area contributed by atoms with Gasteiger partial charge in [0.05, 0.1) is 12.9 Å². The number of benzene rings is 1. The maximum absolute atomic E-state index is 12.1. The van der Waals surface area contributed by atoms with E-state index in [1.54, 1.807) is 23.0 Å². The molecule has 25 heavy (non-hydrogen) atoms. The van der Waals surface area contributed by atoms with Crippen molar-refractivity contribution in [2.24, 2.45) is 0 Å². The van der Waals surface area contributed by atoms with E-state index >= 15 is 0 Å². The van der Waals surface area contributed by atoms with Gasteiger partial charge in [-0.2, -0.15) is 11.8 Å². The molecule has 3 rings (SSSR count). The number of anilines is 1. The molecule has 8 heteroatoms. The van der Waals surface area contributed by atoms with E-state index in [0.717, 1.165) is 17.0 Å². The summed E-state index contributed by atoms with van der Waals surface area (Å²) in [4.78, 5) is 29.3. The van der Waals surface area contributed by atoms with Crippen LogP contribution < -0.4 is 10.2 Å². The molecule has 130 valence electrons. The van der Waals surface area contributed by atoms with E-state index in [1.807, 2.05) is 25.2 Å². The highest BCUT2D eigenvalue weighted by molar-refractivity contribution is 7.98. The number of nitrogens with one attached hydrogen (secondary N) is 2. The third-order valence-corrected chi connectivity index (χ3v) is 4.66. The highest BCUT2D eigenvalue weighted by Crippen LogP contribution is 2.17. The zero-order valence-corrected chi connectivity index (χ0v) is 14.8. The summed E-state index contributed by atoms with van der Waals surface area (Å²) in [5.41, 5.74) is 2.62. The van der Waals surface area contributed by atoms with Crippen LogP contribution in [0.2, 0.25) is 0 Å². The van der Waals surface area contributed by atoms with Crippen LogP contribution in [0, 0.1) is 0 Å². The lowest BCUT2D eigenvalue weighted by atomic mass is 10.2. The molecule has 1 aromatic carbocycles. The molecule has 1 amide bonds. The van der Waals surface area contributed by atoms with Crippen LogP contribution in [0.5, 0.6) is 0 Å². The summed E-state index contributed by atoms with van der Waals surface area (Å²) < 4.78 is 0. The Hall–Kier alpha value is -2.61. The molecule has 2 heterocycles. The minimum absolute atomic E-state index is 0.0333. The fourth-order valence-electron chi connectivity index (χ4n) is 2.41. The van der Waals surface area contributed by atoms with Crippen LogP contribution in [-0.2, 0) is 10.5 Å². The zero-order valence-electron chi connectivity index (χ0n) is 14.0. The Morgan fingerprint density at radius 2 is 2.08 bits per heavy atom. The van der Waals surface area contributed by atoms with Crippen LogP contribution in [0.4, 0.5) is 5.82 Å². The number of hydrogen-bond acceptors (Lipinski definition) is 6. The number of likely N-dealkylation sites (N-methyl/N-ethyl adjacent to an activating group) is 1. The average Bonchev–Trinajstić information content (AvgIpc) is 3.11. The molecule has 0 spiro atoms. The van der Waals surface area contributed by atoms with E-state index in [0.29, 0.717) is 18.0 Å². The number of thioether (sulfide) groups is 1. The standard InChI is InChI=1S/C17H20N6OS/c1-23(17-15-16(20-11-19-15)21-12-22-17)9-14(24)18-7-8-25-10-13-5-3-2-4-6-13/h2-6,11-12H,7-10H2,1H3,(H,18,24)(H,19,20,21,22). The number of carbonyl (C=O) groups excluding carboxylic acids is 1. The van der Waals surface area contributed by atoms with Gasteiger partial charge in [-0.1, -0.05) is 30.3 Å². The predicted octanol–water partition coefficient (Wildman–Crippen LogP) is 1.84. The molecular weight excluding hydrogens is 336 g/mol. The highest BCUT2D eigenvalue weighted by atomic mass is 32.2. The monoisotopic (exact) mass is 356 g/mol. The van der Waals surface area contributed by atoms with Crippen molar-refractivity contribution in [3.8, 4) is 0 Å². The maximum Gasteiger partial charge on any atom is 0.239 e. The van der Waals surface area contributed by atoms with Crippen molar-refractivity contribution in [2.45, 2.75) is 5.75 Å². The molecule has 2 aromatic heterocycles. The average molecular weight is 356 g/mol. The number of nitrogens with zero attached hydrogens (tertiary/aromatic N) is 4. The van der Waals surface area contributed by atoms with Gasteiger partial charge in [0.2, 0.25) is 5.91 Å². The Morgan fingerprint density at radius 3 is 2.92 bits per heavy atom. The Balaban J connectivity index is 1.41. The maximum atomic E-state index is 12.1. The molecule has 3 aromatic rings. The first-order valence-electron chi connectivity index (χ1n) is 7.97. The van der Waals surface area contributed by atoms with E-state index in [-0.39, 0.29) is 12.5 Å². The molecular formula is C17H20N6OS. The lowest BCUT2D eigenvalue weighted by Gasteiger charge is -2.17. The van der Waals surface area contributed by atoms with Crippen molar-refractivity contribution in [2.75, 3.05) is 30.8 Å². The number of aromatic nitrogens is 4. The third kappa shape index (κ3) is 4.69. The molecule has 0 aliphatic heterocycles. The van der Waals surface area contributed by atoms with Gasteiger partial charge in [0.1, 0.15) is 11.8 Å². The Bertz CT molecular complexity index is 822. The Kier molecular flexibility index (Phi) is 5.84. The van der Waals surface area contributed by atoms with Crippen LogP contribution in [-0.4, -0.2) is 51.7 Å². The molecule has 0 saturated carbocycles. The molecule has 0 saturated heterocycles. The molecule has 0 fully saturated rings. The van der Waals surface area contributed by atoms with Crippen molar-refractivity contribution in [1.29, 1.82) is 0 Å². The SMILES string of the molecule is CN(CC(=O)NCCSCc1ccccc1)c1ncnc2nc[nH]c12. The molecule has 2 N–H and O–H groups in total. The summed E-state index contributed by atoms with van der Waals surface area (Å²) in [6.45, 7) is 0.877. The van der Waals surface area contributed by atoms with E-state index in [1.165, 1.54) is 11.9 Å². The zero-order chi connectivity index (χ0) is 17.5. The van der Waals surface area contributed by atoms with Crippen molar-refractivity contribution >= 4 is 34.7 Å². The van der Waals surface area contributed by atoms with E-state index in [9.17, 15) is 4.79 Å². The van der Waals surface area contributed by atoms with Crippen LogP contribution >= 0.6 is 11.8 Å². The molecule has 0 aliphatic rings. The summed E-state index contributed by atoms with van der Waals surface area (Å²) in [6.07, 6.45) is 3.02. The van der Waals surface area contributed by atoms with Gasteiger partial charge in [0.15, 0.2) is 11.5 Å². The second-order valence-electron chi connectivity index (χ2n) is 5.54. The number of aromatic amines is 1. The van der Waals surface area contributed by atoms with Gasteiger partial charge in [0, 0.05) is 25.1 Å². The van der Waals surface area contributed by atoms with Gasteiger partial charge in [-0.25, -0.2) is 15.0 Å². The summed E-state index contributed by atoms with van der Waals surface area (Å²) in [5, 5.41) is 2.94. The Morgan fingerprint density at radius 1 is 1.24 bits per heavy atom. The predicted molar refractivity (Wildman–Crippen MR) is 101 cm³/mol. The number of imidazole rings is 1. The van der Waals surface area contributed by atoms with Crippen LogP contribution in [0.3, 0.4) is 0 Å². The summed E-state index contributed by atoms with van der Waals surface area (Å²) in [6, 6.07) is 10.3. The summed E-state index contributed by atoms with van der Waals surface area (Å²) >= 11 is 1.80. The largest absolute Gasteiger partial charge is 0.354 e. The molecule has 0 bridgehead atoms. The number of carbonyl (C=O) groups is 1. The number of fused-ring (bicyclic) bond motifs is 1. The number of rotatable bonds is 8. The van der Waals surface area contributed by atoms with Crippen molar-refractivity contribution < 1.29 is 4.79 Å². The topological polar surface area (TPSA) is 86.8 Å².